The van der Waals surface area contributed by atoms with E-state index in [2.05, 4.69) is 30.5 Å². The van der Waals surface area contributed by atoms with Crippen LogP contribution in [0.2, 0.25) is 0 Å². The van der Waals surface area contributed by atoms with E-state index in [1.807, 2.05) is 24.3 Å². The van der Waals surface area contributed by atoms with Gasteiger partial charge in [-0.2, -0.15) is 0 Å². The number of benzene rings is 2. The number of hydrogen-bond acceptors (Lipinski definition) is 9. The minimum atomic E-state index is -0.501. The average molecular weight is 478 g/mol. The lowest BCUT2D eigenvalue weighted by Gasteiger charge is -2.08. The Bertz CT molecular complexity index is 1510. The number of carbonyl (C=O) groups excluding carboxylic acids is 1. The van der Waals surface area contributed by atoms with Crippen LogP contribution < -0.4 is 5.32 Å². The summed E-state index contributed by atoms with van der Waals surface area (Å²) in [6.45, 7) is 1.74. The number of para-hydroxylation sites is 1. The number of anilines is 1. The number of nitro groups is 1. The van der Waals surface area contributed by atoms with Gasteiger partial charge in [0.05, 0.1) is 15.9 Å². The highest BCUT2D eigenvalue weighted by Gasteiger charge is 2.19. The van der Waals surface area contributed by atoms with Gasteiger partial charge in [0.15, 0.2) is 10.8 Å². The fourth-order valence-corrected chi connectivity index (χ4v) is 4.65. The lowest BCUT2D eigenvalue weighted by Crippen LogP contribution is -2.22. The number of aromatic nitrogens is 5. The van der Waals surface area contributed by atoms with Crippen LogP contribution in [-0.2, 0) is 4.79 Å². The zero-order valence-electron chi connectivity index (χ0n) is 17.1. The van der Waals surface area contributed by atoms with Crippen LogP contribution in [0.25, 0.3) is 33.3 Å². The Kier molecular flexibility index (Phi) is 5.44. The predicted octanol–water partition coefficient (Wildman–Crippen LogP) is 4.66. The second-order valence-electron chi connectivity index (χ2n) is 7.06. The fraction of sp³-hybridized carbons (Fsp3) is 0.0952. The molecule has 12 heteroatoms. The third-order valence-corrected chi connectivity index (χ3v) is 6.55. The minimum absolute atomic E-state index is 0.0170. The maximum Gasteiger partial charge on any atom is 0.270 e. The molecule has 0 saturated heterocycles. The summed E-state index contributed by atoms with van der Waals surface area (Å²) in [6.07, 6.45) is 0. The number of nitrogens with one attached hydrogen (secondary N) is 2. The molecule has 5 rings (SSSR count). The molecule has 5 aromatic rings. The molecular formula is C21H15N7O3S2. The topological polar surface area (TPSA) is 140 Å². The quantitative estimate of drug-likeness (QED) is 0.204. The lowest BCUT2D eigenvalue weighted by molar-refractivity contribution is -0.384. The number of aromatic amines is 1. The van der Waals surface area contributed by atoms with Crippen molar-refractivity contribution in [2.24, 2.45) is 0 Å². The summed E-state index contributed by atoms with van der Waals surface area (Å²) < 4.78 is 0. The van der Waals surface area contributed by atoms with Crippen molar-refractivity contribution in [1.29, 1.82) is 0 Å². The number of H-pyrrole nitrogens is 1. The summed E-state index contributed by atoms with van der Waals surface area (Å²) in [5, 5.41) is 25.2. The molecule has 1 amide bonds. The number of rotatable bonds is 6. The molecule has 1 atom stereocenters. The van der Waals surface area contributed by atoms with Gasteiger partial charge in [0.25, 0.3) is 5.69 Å². The van der Waals surface area contributed by atoms with Crippen molar-refractivity contribution in [1.82, 2.24) is 25.1 Å². The van der Waals surface area contributed by atoms with Crippen LogP contribution in [0.4, 0.5) is 10.8 Å². The van der Waals surface area contributed by atoms with Crippen molar-refractivity contribution >= 4 is 61.9 Å². The molecule has 0 spiro atoms. The Morgan fingerprint density at radius 3 is 2.88 bits per heavy atom. The van der Waals surface area contributed by atoms with Crippen LogP contribution in [0.3, 0.4) is 0 Å². The number of hydrogen-bond donors (Lipinski definition) is 2. The standard InChI is InChI=1S/C21H15N7O3S2/c1-11(33-21-24-18-17(26-27-21)14-7-2-3-8-15(14)22-18)19(29)25-20-23-16(10-32-20)12-5-4-6-13(9-12)28(30)31/h2-11H,1H3,(H,22,24,27)(H,23,25,29). The summed E-state index contributed by atoms with van der Waals surface area (Å²) in [6, 6.07) is 13.9. The largest absolute Gasteiger partial charge is 0.338 e. The van der Waals surface area contributed by atoms with Gasteiger partial charge >= 0.3 is 0 Å². The first-order chi connectivity index (χ1) is 16.0. The van der Waals surface area contributed by atoms with Crippen LogP contribution >= 0.6 is 23.1 Å². The van der Waals surface area contributed by atoms with Gasteiger partial charge in [-0.25, -0.2) is 9.97 Å². The van der Waals surface area contributed by atoms with Gasteiger partial charge in [0.1, 0.15) is 5.52 Å². The molecule has 10 nitrogen and oxygen atoms in total. The Balaban J connectivity index is 1.28. The first-order valence-corrected chi connectivity index (χ1v) is 11.5. The van der Waals surface area contributed by atoms with Gasteiger partial charge in [0.2, 0.25) is 11.1 Å². The molecule has 0 radical (unpaired) electrons. The predicted molar refractivity (Wildman–Crippen MR) is 127 cm³/mol. The number of fused-ring (bicyclic) bond motifs is 3. The first kappa shape index (κ1) is 21.0. The van der Waals surface area contributed by atoms with Crippen LogP contribution in [0.1, 0.15) is 6.92 Å². The molecule has 0 aliphatic carbocycles. The molecule has 33 heavy (non-hydrogen) atoms. The molecule has 0 saturated carbocycles. The van der Waals surface area contributed by atoms with Gasteiger partial charge < -0.3 is 10.3 Å². The first-order valence-electron chi connectivity index (χ1n) is 9.77. The van der Waals surface area contributed by atoms with Crippen molar-refractivity contribution in [3.8, 4) is 11.3 Å². The van der Waals surface area contributed by atoms with E-state index < -0.39 is 10.2 Å². The molecule has 2 aromatic carbocycles. The Morgan fingerprint density at radius 2 is 2.03 bits per heavy atom. The third kappa shape index (κ3) is 4.25. The summed E-state index contributed by atoms with van der Waals surface area (Å²) in [7, 11) is 0. The van der Waals surface area contributed by atoms with E-state index in [0.717, 1.165) is 10.9 Å². The van der Waals surface area contributed by atoms with E-state index in [0.29, 0.717) is 32.7 Å². The monoisotopic (exact) mass is 477 g/mol. The molecule has 0 aliphatic rings. The SMILES string of the molecule is CC(Sc1nnc2c(n1)[nH]c1ccccc12)C(=O)Nc1nc(-c2cccc([N+](=O)[O-])c2)cs1. The smallest absolute Gasteiger partial charge is 0.270 e. The van der Waals surface area contributed by atoms with Crippen LogP contribution in [0, 0.1) is 10.1 Å². The van der Waals surface area contributed by atoms with E-state index in [1.54, 1.807) is 24.4 Å². The number of carbonyl (C=O) groups is 1. The fourth-order valence-electron chi connectivity index (χ4n) is 3.22. The van der Waals surface area contributed by atoms with Gasteiger partial charge in [0, 0.05) is 34.0 Å². The maximum absolute atomic E-state index is 12.7. The van der Waals surface area contributed by atoms with Crippen LogP contribution in [0.15, 0.2) is 59.1 Å². The molecule has 0 bridgehead atoms. The molecule has 164 valence electrons. The number of non-ortho nitro benzene ring substituents is 1. The van der Waals surface area contributed by atoms with Crippen molar-refractivity contribution in [3.05, 3.63) is 64.0 Å². The highest BCUT2D eigenvalue weighted by Crippen LogP contribution is 2.29. The van der Waals surface area contributed by atoms with Crippen molar-refractivity contribution < 1.29 is 9.72 Å². The maximum atomic E-state index is 12.7. The molecule has 0 fully saturated rings. The van der Waals surface area contributed by atoms with Crippen molar-refractivity contribution in [3.63, 3.8) is 0 Å². The van der Waals surface area contributed by atoms with Gasteiger partial charge in [-0.1, -0.05) is 42.1 Å². The highest BCUT2D eigenvalue weighted by molar-refractivity contribution is 8.00. The molecular weight excluding hydrogens is 462 g/mol. The number of amides is 1. The van der Waals surface area contributed by atoms with E-state index in [9.17, 15) is 14.9 Å². The van der Waals surface area contributed by atoms with Crippen LogP contribution in [0.5, 0.6) is 0 Å². The number of nitrogens with zero attached hydrogens (tertiary/aromatic N) is 5. The van der Waals surface area contributed by atoms with Crippen molar-refractivity contribution in [2.45, 2.75) is 17.3 Å². The molecule has 3 aromatic heterocycles. The van der Waals surface area contributed by atoms with Crippen molar-refractivity contribution in [2.75, 3.05) is 5.32 Å². The summed E-state index contributed by atoms with van der Waals surface area (Å²) >= 11 is 2.43. The second kappa shape index (κ2) is 8.56. The Labute approximate surface area is 194 Å². The summed E-state index contributed by atoms with van der Waals surface area (Å²) in [5.41, 5.74) is 3.36. The van der Waals surface area contributed by atoms with Crippen LogP contribution in [-0.4, -0.2) is 41.2 Å². The Hall–Kier alpha value is -3.90. The van der Waals surface area contributed by atoms with E-state index in [-0.39, 0.29) is 11.6 Å². The second-order valence-corrected chi connectivity index (χ2v) is 9.22. The number of thiazole rings is 1. The van der Waals surface area contributed by atoms with Gasteiger partial charge in [-0.3, -0.25) is 14.9 Å². The summed E-state index contributed by atoms with van der Waals surface area (Å²) in [4.78, 5) is 35.3. The highest BCUT2D eigenvalue weighted by atomic mass is 32.2. The third-order valence-electron chi connectivity index (χ3n) is 4.84. The normalized spacial score (nSPS) is 12.2. The van der Waals surface area contributed by atoms with Gasteiger partial charge in [-0.15, -0.1) is 21.5 Å². The lowest BCUT2D eigenvalue weighted by atomic mass is 10.1. The van der Waals surface area contributed by atoms with E-state index in [4.69, 9.17) is 0 Å². The summed E-state index contributed by atoms with van der Waals surface area (Å²) in [5.74, 6) is -0.264. The average Bonchev–Trinajstić information content (AvgIpc) is 3.43. The zero-order valence-corrected chi connectivity index (χ0v) is 18.7. The number of thioether (sulfide) groups is 1. The van der Waals surface area contributed by atoms with Gasteiger partial charge in [-0.05, 0) is 13.0 Å². The van der Waals surface area contributed by atoms with E-state index >= 15 is 0 Å². The molecule has 2 N–H and O–H groups in total. The Morgan fingerprint density at radius 1 is 1.18 bits per heavy atom. The minimum Gasteiger partial charge on any atom is -0.338 e. The zero-order chi connectivity index (χ0) is 22.9. The molecule has 1 unspecified atom stereocenters. The molecule has 0 aliphatic heterocycles. The number of nitro benzene ring substituents is 1. The molecule has 3 heterocycles. The van der Waals surface area contributed by atoms with E-state index in [1.165, 1.54) is 35.2 Å².